The van der Waals surface area contributed by atoms with Gasteiger partial charge in [-0.05, 0) is 18.8 Å². The van der Waals surface area contributed by atoms with Crippen molar-refractivity contribution in [1.82, 2.24) is 10.2 Å². The van der Waals surface area contributed by atoms with Crippen LogP contribution in [0.15, 0.2) is 0 Å². The molecule has 1 aromatic heterocycles. The lowest BCUT2D eigenvalue weighted by atomic mass is 10.3. The van der Waals surface area contributed by atoms with Gasteiger partial charge < -0.3 is 0 Å². The van der Waals surface area contributed by atoms with Crippen molar-refractivity contribution in [1.29, 1.82) is 0 Å². The van der Waals surface area contributed by atoms with E-state index in [-0.39, 0.29) is 0 Å². The minimum Gasteiger partial charge on any atom is -0.144 e. The first kappa shape index (κ1) is 8.45. The molecule has 66 valence electrons. The molecule has 0 atom stereocenters. The maximum Gasteiger partial charge on any atom is 0.118 e. The van der Waals surface area contributed by atoms with Crippen LogP contribution in [0.3, 0.4) is 0 Å². The van der Waals surface area contributed by atoms with Crippen molar-refractivity contribution >= 4 is 22.9 Å². The van der Waals surface area contributed by atoms with Crippen LogP contribution in [0.25, 0.3) is 0 Å². The number of halogens is 1. The highest BCUT2D eigenvalue weighted by atomic mass is 35.5. The minimum atomic E-state index is 0.651. The SMILES string of the molecule is ClCCc1nnc(CC2CC2)s1. The van der Waals surface area contributed by atoms with E-state index in [1.807, 2.05) is 0 Å². The summed E-state index contributed by atoms with van der Waals surface area (Å²) in [7, 11) is 0. The van der Waals surface area contributed by atoms with E-state index in [4.69, 9.17) is 11.6 Å². The number of alkyl halides is 1. The Morgan fingerprint density at radius 1 is 1.33 bits per heavy atom. The van der Waals surface area contributed by atoms with Gasteiger partial charge in [0.05, 0.1) is 0 Å². The molecule has 1 heterocycles. The van der Waals surface area contributed by atoms with Gasteiger partial charge in [0, 0.05) is 18.7 Å². The van der Waals surface area contributed by atoms with Gasteiger partial charge in [-0.25, -0.2) is 0 Å². The summed E-state index contributed by atoms with van der Waals surface area (Å²) in [6, 6.07) is 0. The van der Waals surface area contributed by atoms with Crippen LogP contribution in [0.5, 0.6) is 0 Å². The maximum absolute atomic E-state index is 5.60. The van der Waals surface area contributed by atoms with Gasteiger partial charge in [0.1, 0.15) is 10.0 Å². The fraction of sp³-hybridized carbons (Fsp3) is 0.750. The van der Waals surface area contributed by atoms with E-state index in [0.717, 1.165) is 23.8 Å². The Balaban J connectivity index is 1.92. The normalized spacial score (nSPS) is 16.8. The van der Waals surface area contributed by atoms with Crippen LogP contribution in [-0.4, -0.2) is 16.1 Å². The smallest absolute Gasteiger partial charge is 0.118 e. The van der Waals surface area contributed by atoms with E-state index in [0.29, 0.717) is 5.88 Å². The second kappa shape index (κ2) is 3.71. The van der Waals surface area contributed by atoms with Crippen molar-refractivity contribution in [2.75, 3.05) is 5.88 Å². The van der Waals surface area contributed by atoms with Gasteiger partial charge in [-0.3, -0.25) is 0 Å². The van der Waals surface area contributed by atoms with E-state index in [9.17, 15) is 0 Å². The zero-order chi connectivity index (χ0) is 8.39. The Hall–Kier alpha value is -0.150. The summed E-state index contributed by atoms with van der Waals surface area (Å²) in [5, 5.41) is 10.5. The lowest BCUT2D eigenvalue weighted by molar-refractivity contribution is 0.803. The number of nitrogens with zero attached hydrogens (tertiary/aromatic N) is 2. The monoisotopic (exact) mass is 202 g/mol. The Bertz CT molecular complexity index is 257. The average molecular weight is 203 g/mol. The molecule has 0 saturated heterocycles. The van der Waals surface area contributed by atoms with Crippen molar-refractivity contribution in [3.05, 3.63) is 10.0 Å². The first-order chi connectivity index (χ1) is 5.88. The van der Waals surface area contributed by atoms with Gasteiger partial charge in [-0.2, -0.15) is 0 Å². The number of hydrogen-bond donors (Lipinski definition) is 0. The summed E-state index contributed by atoms with van der Waals surface area (Å²) in [5.74, 6) is 1.56. The third kappa shape index (κ3) is 2.17. The van der Waals surface area contributed by atoms with Gasteiger partial charge in [-0.1, -0.05) is 0 Å². The molecule has 12 heavy (non-hydrogen) atoms. The molecule has 1 aliphatic rings. The molecular weight excluding hydrogens is 192 g/mol. The van der Waals surface area contributed by atoms with E-state index >= 15 is 0 Å². The maximum atomic E-state index is 5.60. The predicted molar refractivity (Wildman–Crippen MR) is 50.8 cm³/mol. The molecule has 0 amide bonds. The Labute approximate surface area is 81.0 Å². The van der Waals surface area contributed by atoms with Crippen molar-refractivity contribution in [3.8, 4) is 0 Å². The lowest BCUT2D eigenvalue weighted by Gasteiger charge is -1.87. The van der Waals surface area contributed by atoms with Gasteiger partial charge in [0.15, 0.2) is 0 Å². The molecule has 2 rings (SSSR count). The molecule has 2 nitrogen and oxygen atoms in total. The highest BCUT2D eigenvalue weighted by Gasteiger charge is 2.23. The molecule has 0 spiro atoms. The Morgan fingerprint density at radius 3 is 2.75 bits per heavy atom. The Kier molecular flexibility index (Phi) is 2.61. The van der Waals surface area contributed by atoms with E-state index in [2.05, 4.69) is 10.2 Å². The highest BCUT2D eigenvalue weighted by Crippen LogP contribution is 2.33. The summed E-state index contributed by atoms with van der Waals surface area (Å²) in [6.45, 7) is 0. The van der Waals surface area contributed by atoms with E-state index in [1.165, 1.54) is 17.8 Å². The number of rotatable bonds is 4. The zero-order valence-electron chi connectivity index (χ0n) is 6.79. The van der Waals surface area contributed by atoms with Gasteiger partial charge in [0.25, 0.3) is 0 Å². The topological polar surface area (TPSA) is 25.8 Å². The van der Waals surface area contributed by atoms with Crippen LogP contribution in [-0.2, 0) is 12.8 Å². The molecule has 0 radical (unpaired) electrons. The fourth-order valence-electron chi connectivity index (χ4n) is 1.12. The summed E-state index contributed by atoms with van der Waals surface area (Å²) < 4.78 is 0. The van der Waals surface area contributed by atoms with Crippen LogP contribution in [0.4, 0.5) is 0 Å². The van der Waals surface area contributed by atoms with Crippen molar-refractivity contribution in [3.63, 3.8) is 0 Å². The molecule has 1 fully saturated rings. The van der Waals surface area contributed by atoms with Crippen LogP contribution >= 0.6 is 22.9 Å². The molecule has 0 aliphatic heterocycles. The lowest BCUT2D eigenvalue weighted by Crippen LogP contribution is -1.85. The molecule has 0 aromatic carbocycles. The molecular formula is C8H11ClN2S. The summed E-state index contributed by atoms with van der Waals surface area (Å²) in [4.78, 5) is 0. The van der Waals surface area contributed by atoms with Gasteiger partial charge >= 0.3 is 0 Å². The first-order valence-corrected chi connectivity index (χ1v) is 5.61. The first-order valence-electron chi connectivity index (χ1n) is 4.25. The third-order valence-electron chi connectivity index (χ3n) is 1.98. The molecule has 0 bridgehead atoms. The fourth-order valence-corrected chi connectivity index (χ4v) is 2.37. The van der Waals surface area contributed by atoms with Crippen molar-refractivity contribution < 1.29 is 0 Å². The highest BCUT2D eigenvalue weighted by molar-refractivity contribution is 7.11. The molecule has 1 aromatic rings. The van der Waals surface area contributed by atoms with E-state index < -0.39 is 0 Å². The molecule has 0 N–H and O–H groups in total. The van der Waals surface area contributed by atoms with Crippen LogP contribution in [0, 0.1) is 5.92 Å². The second-order valence-electron chi connectivity index (χ2n) is 3.18. The molecule has 4 heteroatoms. The standard InChI is InChI=1S/C8H11ClN2S/c9-4-3-7-10-11-8(12-7)5-6-1-2-6/h6H,1-5H2. The quantitative estimate of drug-likeness (QED) is 0.701. The van der Waals surface area contributed by atoms with Gasteiger partial charge in [-0.15, -0.1) is 33.1 Å². The number of hydrogen-bond acceptors (Lipinski definition) is 3. The minimum absolute atomic E-state index is 0.651. The van der Waals surface area contributed by atoms with Crippen LogP contribution < -0.4 is 0 Å². The average Bonchev–Trinajstić information content (AvgIpc) is 2.74. The largest absolute Gasteiger partial charge is 0.144 e. The molecule has 1 saturated carbocycles. The zero-order valence-corrected chi connectivity index (χ0v) is 8.37. The number of aryl methyl sites for hydroxylation is 1. The summed E-state index contributed by atoms with van der Waals surface area (Å²) in [6.07, 6.45) is 4.76. The molecule has 1 aliphatic carbocycles. The second-order valence-corrected chi connectivity index (χ2v) is 4.70. The summed E-state index contributed by atoms with van der Waals surface area (Å²) in [5.41, 5.74) is 0. The van der Waals surface area contributed by atoms with Crippen molar-refractivity contribution in [2.45, 2.75) is 25.7 Å². The molecule has 0 unspecified atom stereocenters. The number of aromatic nitrogens is 2. The van der Waals surface area contributed by atoms with Crippen LogP contribution in [0.1, 0.15) is 22.9 Å². The van der Waals surface area contributed by atoms with Crippen LogP contribution in [0.2, 0.25) is 0 Å². The van der Waals surface area contributed by atoms with Gasteiger partial charge in [0.2, 0.25) is 0 Å². The predicted octanol–water partition coefficient (Wildman–Crippen LogP) is 2.27. The Morgan fingerprint density at radius 2 is 2.08 bits per heavy atom. The summed E-state index contributed by atoms with van der Waals surface area (Å²) >= 11 is 7.32. The third-order valence-corrected chi connectivity index (χ3v) is 3.17. The van der Waals surface area contributed by atoms with Crippen molar-refractivity contribution in [2.24, 2.45) is 5.92 Å². The van der Waals surface area contributed by atoms with E-state index in [1.54, 1.807) is 11.3 Å².